The van der Waals surface area contributed by atoms with E-state index in [1.54, 1.807) is 6.20 Å². The van der Waals surface area contributed by atoms with E-state index in [2.05, 4.69) is 9.97 Å². The van der Waals surface area contributed by atoms with Crippen molar-refractivity contribution in [2.45, 2.75) is 6.92 Å². The number of benzene rings is 1. The van der Waals surface area contributed by atoms with Gasteiger partial charge in [-0.3, -0.25) is 4.98 Å². The molecule has 1 aromatic heterocycles. The lowest BCUT2D eigenvalue weighted by Gasteiger charge is -2.02. The maximum absolute atomic E-state index is 7.20. The van der Waals surface area contributed by atoms with Crippen LogP contribution in [0.25, 0.3) is 16.6 Å². The molecule has 0 aliphatic rings. The molecule has 0 aliphatic carbocycles. The van der Waals surface area contributed by atoms with Gasteiger partial charge in [0.25, 0.3) is 0 Å². The molecule has 0 aliphatic heterocycles. The third kappa shape index (κ3) is 1.77. The fourth-order valence-corrected chi connectivity index (χ4v) is 1.47. The number of rotatable bonds is 2. The fraction of sp³-hybridized carbons (Fsp3) is 0.0833. The van der Waals surface area contributed by atoms with Crippen LogP contribution in [0.1, 0.15) is 11.3 Å². The zero-order chi connectivity index (χ0) is 11.5. The molecule has 0 saturated carbocycles. The van der Waals surface area contributed by atoms with Gasteiger partial charge in [0.2, 0.25) is 0 Å². The van der Waals surface area contributed by atoms with Gasteiger partial charge in [-0.25, -0.2) is 4.98 Å². The largest absolute Gasteiger partial charge is 0.404 e. The van der Waals surface area contributed by atoms with Gasteiger partial charge in [0, 0.05) is 18.0 Å². The molecule has 1 aromatic carbocycles. The number of hydrogen-bond acceptors (Lipinski definition) is 4. The summed E-state index contributed by atoms with van der Waals surface area (Å²) in [7, 11) is 0. The van der Waals surface area contributed by atoms with Crippen molar-refractivity contribution in [2.75, 3.05) is 0 Å². The molecule has 0 bridgehead atoms. The van der Waals surface area contributed by atoms with Crippen LogP contribution in [0.15, 0.2) is 30.6 Å². The average Bonchev–Trinajstić information content (AvgIpc) is 2.31. The van der Waals surface area contributed by atoms with Crippen LogP contribution in [0.5, 0.6) is 0 Å². The highest BCUT2D eigenvalue weighted by atomic mass is 14.8. The SMILES string of the molecule is Cc1ccc2nc(/C(C=N)=C/N)cnc2c1. The molecular weight excluding hydrogens is 200 g/mol. The topological polar surface area (TPSA) is 75.7 Å². The van der Waals surface area contributed by atoms with Crippen molar-refractivity contribution in [2.24, 2.45) is 5.73 Å². The zero-order valence-corrected chi connectivity index (χ0v) is 8.94. The number of nitrogens with zero attached hydrogens (tertiary/aromatic N) is 2. The molecule has 0 radical (unpaired) electrons. The Labute approximate surface area is 93.3 Å². The van der Waals surface area contributed by atoms with E-state index in [-0.39, 0.29) is 0 Å². The van der Waals surface area contributed by atoms with Crippen molar-refractivity contribution in [1.29, 1.82) is 5.41 Å². The highest BCUT2D eigenvalue weighted by molar-refractivity contribution is 6.07. The van der Waals surface area contributed by atoms with Crippen molar-refractivity contribution in [1.82, 2.24) is 9.97 Å². The van der Waals surface area contributed by atoms with E-state index >= 15 is 0 Å². The highest BCUT2D eigenvalue weighted by Crippen LogP contribution is 2.14. The molecule has 0 unspecified atom stereocenters. The van der Waals surface area contributed by atoms with Gasteiger partial charge in [0.05, 0.1) is 22.9 Å². The second-order valence-corrected chi connectivity index (χ2v) is 3.51. The van der Waals surface area contributed by atoms with Gasteiger partial charge in [-0.1, -0.05) is 6.07 Å². The number of nitrogens with one attached hydrogen (secondary N) is 1. The predicted octanol–water partition coefficient (Wildman–Crippen LogP) is 1.89. The summed E-state index contributed by atoms with van der Waals surface area (Å²) in [5.74, 6) is 0. The minimum absolute atomic E-state index is 0.565. The summed E-state index contributed by atoms with van der Waals surface area (Å²) in [6, 6.07) is 5.87. The van der Waals surface area contributed by atoms with E-state index < -0.39 is 0 Å². The quantitative estimate of drug-likeness (QED) is 0.746. The summed E-state index contributed by atoms with van der Waals surface area (Å²) >= 11 is 0. The van der Waals surface area contributed by atoms with E-state index in [9.17, 15) is 0 Å². The van der Waals surface area contributed by atoms with Gasteiger partial charge in [-0.05, 0) is 24.6 Å². The van der Waals surface area contributed by atoms with E-state index in [0.29, 0.717) is 11.3 Å². The highest BCUT2D eigenvalue weighted by Gasteiger charge is 2.02. The normalized spacial score (nSPS) is 11.7. The van der Waals surface area contributed by atoms with Gasteiger partial charge in [0.1, 0.15) is 0 Å². The van der Waals surface area contributed by atoms with Crippen LogP contribution in [-0.4, -0.2) is 16.2 Å². The Morgan fingerprint density at radius 1 is 1.38 bits per heavy atom. The Kier molecular flexibility index (Phi) is 2.64. The molecule has 0 fully saturated rings. The Balaban J connectivity index is 2.60. The van der Waals surface area contributed by atoms with Crippen molar-refractivity contribution < 1.29 is 0 Å². The molecule has 2 aromatic rings. The van der Waals surface area contributed by atoms with Crippen molar-refractivity contribution in [3.05, 3.63) is 41.9 Å². The maximum atomic E-state index is 7.20. The molecule has 0 amide bonds. The average molecular weight is 212 g/mol. The molecule has 4 nitrogen and oxygen atoms in total. The lowest BCUT2D eigenvalue weighted by molar-refractivity contribution is 1.25. The van der Waals surface area contributed by atoms with Crippen LogP contribution in [0.2, 0.25) is 0 Å². The lowest BCUT2D eigenvalue weighted by Crippen LogP contribution is -1.96. The molecular formula is C12H12N4. The van der Waals surface area contributed by atoms with Crippen LogP contribution in [0, 0.1) is 12.3 Å². The Hall–Kier alpha value is -2.23. The lowest BCUT2D eigenvalue weighted by atomic mass is 10.2. The van der Waals surface area contributed by atoms with Gasteiger partial charge >= 0.3 is 0 Å². The summed E-state index contributed by atoms with van der Waals surface area (Å²) in [4.78, 5) is 8.69. The molecule has 0 saturated heterocycles. The number of aromatic nitrogens is 2. The van der Waals surface area contributed by atoms with Gasteiger partial charge in [0.15, 0.2) is 0 Å². The van der Waals surface area contributed by atoms with Gasteiger partial charge in [-0.15, -0.1) is 0 Å². The van der Waals surface area contributed by atoms with Crippen molar-refractivity contribution in [3.8, 4) is 0 Å². The van der Waals surface area contributed by atoms with Crippen LogP contribution in [0.3, 0.4) is 0 Å². The predicted molar refractivity (Wildman–Crippen MR) is 65.2 cm³/mol. The molecule has 4 heteroatoms. The molecule has 3 N–H and O–H groups in total. The summed E-state index contributed by atoms with van der Waals surface area (Å²) in [6.07, 6.45) is 4.16. The molecule has 16 heavy (non-hydrogen) atoms. The van der Waals surface area contributed by atoms with E-state index in [0.717, 1.165) is 16.6 Å². The van der Waals surface area contributed by atoms with Crippen LogP contribution in [-0.2, 0) is 0 Å². The standard InChI is InChI=1S/C12H12N4/c1-8-2-3-10-11(4-8)15-7-12(16-10)9(5-13)6-14/h2-7,13H,14H2,1H3/b9-6+,13-5?. The summed E-state index contributed by atoms with van der Waals surface area (Å²) in [5.41, 5.74) is 9.40. The number of allylic oxidation sites excluding steroid dienone is 1. The first-order valence-electron chi connectivity index (χ1n) is 4.91. The smallest absolute Gasteiger partial charge is 0.0922 e. The van der Waals surface area contributed by atoms with Crippen LogP contribution < -0.4 is 5.73 Å². The first kappa shape index (κ1) is 10.3. The second-order valence-electron chi connectivity index (χ2n) is 3.51. The Morgan fingerprint density at radius 3 is 2.88 bits per heavy atom. The van der Waals surface area contributed by atoms with E-state index in [1.165, 1.54) is 12.4 Å². The fourth-order valence-electron chi connectivity index (χ4n) is 1.47. The molecule has 1 heterocycles. The van der Waals surface area contributed by atoms with E-state index in [1.807, 2.05) is 25.1 Å². The Bertz CT molecular complexity index is 572. The van der Waals surface area contributed by atoms with Crippen LogP contribution in [0.4, 0.5) is 0 Å². The van der Waals surface area contributed by atoms with Crippen LogP contribution >= 0.6 is 0 Å². The van der Waals surface area contributed by atoms with E-state index in [4.69, 9.17) is 11.1 Å². The van der Waals surface area contributed by atoms with Crippen molar-refractivity contribution >= 4 is 22.8 Å². The molecule has 2 rings (SSSR count). The monoisotopic (exact) mass is 212 g/mol. The first-order chi connectivity index (χ1) is 7.74. The van der Waals surface area contributed by atoms with Gasteiger partial charge < -0.3 is 11.1 Å². The summed E-state index contributed by atoms with van der Waals surface area (Å²) in [5, 5.41) is 7.20. The number of hydrogen-bond donors (Lipinski definition) is 2. The summed E-state index contributed by atoms with van der Waals surface area (Å²) < 4.78 is 0. The van der Waals surface area contributed by atoms with Crippen molar-refractivity contribution in [3.63, 3.8) is 0 Å². The minimum Gasteiger partial charge on any atom is -0.404 e. The first-order valence-corrected chi connectivity index (χ1v) is 4.91. The zero-order valence-electron chi connectivity index (χ0n) is 8.94. The molecule has 0 atom stereocenters. The summed E-state index contributed by atoms with van der Waals surface area (Å²) in [6.45, 7) is 2.01. The number of nitrogens with two attached hydrogens (primary N) is 1. The maximum Gasteiger partial charge on any atom is 0.0922 e. The molecule has 80 valence electrons. The minimum atomic E-state index is 0.565. The number of fused-ring (bicyclic) bond motifs is 1. The Morgan fingerprint density at radius 2 is 2.19 bits per heavy atom. The molecule has 0 spiro atoms. The third-order valence-corrected chi connectivity index (χ3v) is 2.33. The van der Waals surface area contributed by atoms with Gasteiger partial charge in [-0.2, -0.15) is 0 Å². The third-order valence-electron chi connectivity index (χ3n) is 2.33. The number of aryl methyl sites for hydroxylation is 1. The second kappa shape index (κ2) is 4.10.